The number of aromatic hydroxyl groups is 2. The number of hydrogen-bond donors (Lipinski definition) is 7. The lowest BCUT2D eigenvalue weighted by atomic mass is 9.78. The number of nitrogens with one attached hydrogen (secondary N) is 2. The maximum absolute atomic E-state index is 13.9. The van der Waals surface area contributed by atoms with Gasteiger partial charge >= 0.3 is 12.1 Å². The highest BCUT2D eigenvalue weighted by atomic mass is 32.2. The van der Waals surface area contributed by atoms with E-state index in [0.717, 1.165) is 10.6 Å². The van der Waals surface area contributed by atoms with Gasteiger partial charge in [-0.3, -0.25) is 19.4 Å². The van der Waals surface area contributed by atoms with Crippen molar-refractivity contribution in [1.82, 2.24) is 35.4 Å². The van der Waals surface area contributed by atoms with Crippen molar-refractivity contribution in [2.24, 2.45) is 4.99 Å². The molecule has 0 aliphatic carbocycles. The predicted molar refractivity (Wildman–Crippen MR) is 335 cm³/mol. The molecule has 0 radical (unpaired) electrons. The number of benzene rings is 3. The summed E-state index contributed by atoms with van der Waals surface area (Å²) >= 11 is 2.58. The number of sulfonamides is 1. The minimum atomic E-state index is -3.74. The second-order valence-electron chi connectivity index (χ2n) is 21.9. The Morgan fingerprint density at radius 2 is 1.57 bits per heavy atom. The fraction of sp³-hybridized carbons (Fsp3) is 0.450. The number of carboxylic acids is 1. The lowest BCUT2D eigenvalue weighted by molar-refractivity contribution is -0.138. The molecule has 2 aromatic heterocycles. The number of thiazole rings is 1. The topological polar surface area (TPSA) is 333 Å². The van der Waals surface area contributed by atoms with Gasteiger partial charge in [0.1, 0.15) is 33.1 Å². The van der Waals surface area contributed by atoms with Gasteiger partial charge in [0.05, 0.1) is 72.9 Å². The molecule has 3 unspecified atom stereocenters. The first-order valence-electron chi connectivity index (χ1n) is 28.1. The number of ether oxygens (including phenoxy) is 3. The SMILES string of the molecule is C=c1c(C)c(O)c(=C)c(C(C)(C)CC(=O)N(C)CCN(CCOCCOCCC(=O)NCCNC(=O)CC(O)CC(O)C=Cc2c(-c3ccc(F)cc3)nc(N(C)S(C)(=O)=O)nc2C(C)C)C(=O)Oc2ccc3nc(C4=NC(C(=O)O)CS4)sc3c2)c1O. The number of halogens is 1. The highest BCUT2D eigenvalue weighted by molar-refractivity contribution is 8.15. The average molecular weight is 1280 g/mol. The first kappa shape index (κ1) is 69.5. The minimum Gasteiger partial charge on any atom is -0.507 e. The number of nitrogens with zero attached hydrogens (tertiary/aromatic N) is 7. The van der Waals surface area contributed by atoms with Gasteiger partial charge in [-0.15, -0.1) is 23.1 Å². The summed E-state index contributed by atoms with van der Waals surface area (Å²) in [5.41, 5.74) is 1.93. The Morgan fingerprint density at radius 1 is 0.898 bits per heavy atom. The molecular weight excluding hydrogens is 1200 g/mol. The molecule has 3 aromatic carbocycles. The standard InChI is InChI=1S/C60H76FN9O15S3/c1-34(2)51-43(52(38-11-13-39(61)14-12-38)67-58(66-51)69(9)88(10,81)82)17-15-40(71)29-41(72)30-48(74)63-21-20-62-47(73)19-25-83-27-28-84-26-24-70(23-22-68(8)49(75)32-60(6,7)50-37(5)53(76)35(3)36(4)54(50)77)59(80)85-42-16-18-44-46(31-42)87-56(64-44)55-65-45(33-86-55)57(78)79/h11-18,31,34,40-41,45,71-72,76-77H,4-5,19-30,32-33H2,1-3,6-10H3,(H,62,73)(H,63,74)(H,78,79). The molecule has 0 saturated heterocycles. The quantitative estimate of drug-likeness (QED) is 0.0239. The normalized spacial score (nSPS) is 14.2. The zero-order chi connectivity index (χ0) is 64.8. The van der Waals surface area contributed by atoms with Crippen molar-refractivity contribution in [2.75, 3.05) is 89.6 Å². The number of rotatable bonds is 31. The van der Waals surface area contributed by atoms with Crippen LogP contribution in [0.3, 0.4) is 0 Å². The Bertz CT molecular complexity index is 3640. The number of phenols is 2. The number of likely N-dealkylation sites (N-methyl/N-ethyl adjacent to an activating group) is 1. The van der Waals surface area contributed by atoms with Gasteiger partial charge < -0.3 is 60.2 Å². The monoisotopic (exact) mass is 1280 g/mol. The van der Waals surface area contributed by atoms with E-state index < -0.39 is 57.5 Å². The van der Waals surface area contributed by atoms with E-state index in [2.05, 4.69) is 43.7 Å². The van der Waals surface area contributed by atoms with E-state index in [0.29, 0.717) is 54.0 Å². The molecule has 88 heavy (non-hydrogen) atoms. The molecule has 1 aliphatic heterocycles. The second-order valence-corrected chi connectivity index (χ2v) is 25.9. The van der Waals surface area contributed by atoms with Gasteiger partial charge in [-0.05, 0) is 49.2 Å². The van der Waals surface area contributed by atoms with Crippen molar-refractivity contribution < 1.29 is 76.5 Å². The van der Waals surface area contributed by atoms with Crippen molar-refractivity contribution in [3.05, 3.63) is 92.2 Å². The van der Waals surface area contributed by atoms with E-state index >= 15 is 0 Å². The molecule has 3 atom stereocenters. The van der Waals surface area contributed by atoms with Crippen molar-refractivity contribution in [2.45, 2.75) is 89.9 Å². The number of carboxylic acid groups (broad SMARTS) is 1. The van der Waals surface area contributed by atoms with E-state index in [9.17, 15) is 62.3 Å². The van der Waals surface area contributed by atoms with Gasteiger partial charge in [0.2, 0.25) is 33.7 Å². The van der Waals surface area contributed by atoms with E-state index in [1.165, 1.54) is 70.3 Å². The molecule has 1 aliphatic rings. The van der Waals surface area contributed by atoms with E-state index in [1.54, 1.807) is 52.1 Å². The van der Waals surface area contributed by atoms with Crippen LogP contribution in [0.5, 0.6) is 17.2 Å². The van der Waals surface area contributed by atoms with Gasteiger partial charge in [-0.1, -0.05) is 53.0 Å². The number of aliphatic hydroxyl groups excluding tert-OH is 2. The minimum absolute atomic E-state index is 0.00529. The van der Waals surface area contributed by atoms with Crippen LogP contribution in [0.1, 0.15) is 86.7 Å². The molecule has 0 saturated carbocycles. The molecule has 5 aromatic rings. The number of aliphatic imine (C=N–C) groups is 1. The van der Waals surface area contributed by atoms with Crippen molar-refractivity contribution in [3.8, 4) is 28.5 Å². The molecule has 4 amide bonds. The van der Waals surface area contributed by atoms with Crippen molar-refractivity contribution >= 4 is 103 Å². The Kier molecular flexibility index (Phi) is 24.5. The second kappa shape index (κ2) is 31.0. The number of phenolic OH excluding ortho intramolecular Hbond substituents is 2. The van der Waals surface area contributed by atoms with Crippen LogP contribution < -0.4 is 30.1 Å². The molecule has 3 heterocycles. The molecule has 0 spiro atoms. The Labute approximate surface area is 517 Å². The van der Waals surface area contributed by atoms with Gasteiger partial charge in [-0.25, -0.2) is 41.7 Å². The van der Waals surface area contributed by atoms with Crippen LogP contribution in [0.4, 0.5) is 15.1 Å². The fourth-order valence-electron chi connectivity index (χ4n) is 9.11. The molecule has 476 valence electrons. The molecule has 24 nitrogen and oxygen atoms in total. The number of carbonyl (C=O) groups is 5. The number of aromatic nitrogens is 3. The number of anilines is 1. The number of thioether (sulfide) groups is 1. The number of aliphatic hydroxyl groups is 2. The van der Waals surface area contributed by atoms with Crippen LogP contribution in [0.15, 0.2) is 53.5 Å². The smallest absolute Gasteiger partial charge is 0.415 e. The highest BCUT2D eigenvalue weighted by Gasteiger charge is 2.32. The first-order valence-corrected chi connectivity index (χ1v) is 31.7. The van der Waals surface area contributed by atoms with Gasteiger partial charge in [0.25, 0.3) is 0 Å². The summed E-state index contributed by atoms with van der Waals surface area (Å²) < 4.78 is 57.5. The summed E-state index contributed by atoms with van der Waals surface area (Å²) in [6, 6.07) is 9.48. The summed E-state index contributed by atoms with van der Waals surface area (Å²) in [6.07, 6.45) is 0.0604. The largest absolute Gasteiger partial charge is 0.507 e. The zero-order valence-corrected chi connectivity index (χ0v) is 52.8. The molecule has 28 heteroatoms. The van der Waals surface area contributed by atoms with Crippen LogP contribution in [-0.4, -0.2) is 197 Å². The summed E-state index contributed by atoms with van der Waals surface area (Å²) in [5, 5.41) is 59.4. The third-order valence-electron chi connectivity index (χ3n) is 14.2. The number of hydrogen-bond acceptors (Lipinski definition) is 20. The Morgan fingerprint density at radius 3 is 2.22 bits per heavy atom. The lowest BCUT2D eigenvalue weighted by Crippen LogP contribution is -2.43. The van der Waals surface area contributed by atoms with E-state index in [4.69, 9.17) is 14.2 Å². The van der Waals surface area contributed by atoms with Crippen molar-refractivity contribution in [1.29, 1.82) is 0 Å². The summed E-state index contributed by atoms with van der Waals surface area (Å²) in [7, 11) is -0.851. The lowest BCUT2D eigenvalue weighted by Gasteiger charge is -2.30. The first-order chi connectivity index (χ1) is 41.4. The van der Waals surface area contributed by atoms with Crippen LogP contribution in [0.25, 0.3) is 40.7 Å². The fourth-order valence-corrected chi connectivity index (χ4v) is 11.6. The van der Waals surface area contributed by atoms with Crippen LogP contribution in [0.2, 0.25) is 0 Å². The summed E-state index contributed by atoms with van der Waals surface area (Å²) in [5.74, 6) is -2.82. The predicted octanol–water partition coefficient (Wildman–Crippen LogP) is 4.40. The molecule has 7 N–H and O–H groups in total. The van der Waals surface area contributed by atoms with E-state index in [1.807, 2.05) is 13.8 Å². The third kappa shape index (κ3) is 19.0. The average Bonchev–Trinajstić information content (AvgIpc) is 1.15. The van der Waals surface area contributed by atoms with Crippen LogP contribution >= 0.6 is 23.1 Å². The van der Waals surface area contributed by atoms with Crippen LogP contribution in [-0.2, 0) is 44.1 Å². The molecule has 6 rings (SSSR count). The van der Waals surface area contributed by atoms with Crippen LogP contribution in [0, 0.1) is 12.7 Å². The molecule has 0 fully saturated rings. The van der Waals surface area contributed by atoms with Gasteiger partial charge in [0, 0.05) is 116 Å². The summed E-state index contributed by atoms with van der Waals surface area (Å²) in [6.45, 7) is 17.2. The maximum atomic E-state index is 13.9. The Balaban J connectivity index is 0.935. The summed E-state index contributed by atoms with van der Waals surface area (Å²) in [4.78, 5) is 84.9. The maximum Gasteiger partial charge on any atom is 0.415 e. The third-order valence-corrected chi connectivity index (χ3v) is 17.6. The van der Waals surface area contributed by atoms with Gasteiger partial charge in [0.15, 0.2) is 6.04 Å². The van der Waals surface area contributed by atoms with Gasteiger partial charge in [-0.2, -0.15) is 0 Å². The number of aliphatic carboxylic acids is 1. The zero-order valence-electron chi connectivity index (χ0n) is 50.4. The highest BCUT2D eigenvalue weighted by Crippen LogP contribution is 2.35. The van der Waals surface area contributed by atoms with Crippen molar-refractivity contribution in [3.63, 3.8) is 0 Å². The number of amides is 4. The molecule has 0 bridgehead atoms. The molecular formula is C60H76FN9O15S3. The number of carbonyl (C=O) groups excluding carboxylic acids is 4. The van der Waals surface area contributed by atoms with E-state index in [-0.39, 0.29) is 142 Å². The Hall–Kier alpha value is -7.60. The number of fused-ring (bicyclic) bond motifs is 1.